The van der Waals surface area contributed by atoms with Crippen molar-refractivity contribution in [3.63, 3.8) is 0 Å². The summed E-state index contributed by atoms with van der Waals surface area (Å²) in [4.78, 5) is 19.8. The highest BCUT2D eigenvalue weighted by Crippen LogP contribution is 2.39. The molecule has 0 fully saturated rings. The molecule has 1 amide bonds. The first kappa shape index (κ1) is 22.9. The summed E-state index contributed by atoms with van der Waals surface area (Å²) in [6, 6.07) is 9.20. The minimum absolute atomic E-state index is 0.0267. The van der Waals surface area contributed by atoms with Crippen molar-refractivity contribution in [1.29, 1.82) is 0 Å². The van der Waals surface area contributed by atoms with E-state index in [9.17, 15) is 13.2 Å². The lowest BCUT2D eigenvalue weighted by molar-refractivity contribution is 0.127. The summed E-state index contributed by atoms with van der Waals surface area (Å²) in [7, 11) is -1.14. The van der Waals surface area contributed by atoms with Gasteiger partial charge in [-0.2, -0.15) is 5.10 Å². The molecule has 176 valence electrons. The zero-order valence-electron chi connectivity index (χ0n) is 18.3. The smallest absolute Gasteiger partial charge is 0.436 e. The second-order valence-corrected chi connectivity index (χ2v) is 9.08. The number of ether oxygens (including phenoxy) is 2. The van der Waals surface area contributed by atoms with Gasteiger partial charge in [0.05, 0.1) is 22.2 Å². The highest BCUT2D eigenvalue weighted by Gasteiger charge is 2.29. The lowest BCUT2D eigenvalue weighted by atomic mass is 10.2. The Kier molecular flexibility index (Phi) is 6.04. The van der Waals surface area contributed by atoms with Crippen molar-refractivity contribution in [1.82, 2.24) is 25.2 Å². The van der Waals surface area contributed by atoms with Crippen LogP contribution in [-0.2, 0) is 17.1 Å². The highest BCUT2D eigenvalue weighted by atomic mass is 32.2. The molecule has 0 saturated carbocycles. The van der Waals surface area contributed by atoms with Crippen molar-refractivity contribution in [3.05, 3.63) is 60.7 Å². The molecular weight excluding hydrogens is 464 g/mol. The molecule has 4 aromatic rings. The van der Waals surface area contributed by atoms with Crippen LogP contribution in [0.2, 0.25) is 0 Å². The third-order valence-electron chi connectivity index (χ3n) is 4.94. The summed E-state index contributed by atoms with van der Waals surface area (Å²) < 4.78 is 40.2. The molecule has 0 bridgehead atoms. The molecule has 0 atom stereocenters. The van der Waals surface area contributed by atoms with Crippen molar-refractivity contribution in [3.8, 4) is 17.2 Å². The molecule has 0 spiro atoms. The van der Waals surface area contributed by atoms with E-state index >= 15 is 0 Å². The van der Waals surface area contributed by atoms with Crippen LogP contribution in [-0.4, -0.2) is 46.5 Å². The quantitative estimate of drug-likeness (QED) is 0.311. The maximum absolute atomic E-state index is 13.5. The van der Waals surface area contributed by atoms with E-state index in [1.807, 2.05) is 0 Å². The van der Waals surface area contributed by atoms with Crippen LogP contribution in [0.1, 0.15) is 5.69 Å². The second kappa shape index (κ2) is 8.96. The first-order valence-electron chi connectivity index (χ1n) is 9.83. The molecule has 0 saturated heterocycles. The van der Waals surface area contributed by atoms with E-state index < -0.39 is 16.1 Å². The number of carbonyl (C=O) groups is 1. The van der Waals surface area contributed by atoms with Crippen LogP contribution in [0.15, 0.2) is 59.9 Å². The van der Waals surface area contributed by atoms with Gasteiger partial charge in [-0.05, 0) is 43.3 Å². The van der Waals surface area contributed by atoms with Crippen LogP contribution in [0.3, 0.4) is 0 Å². The Labute approximate surface area is 194 Å². The number of aryl methyl sites for hydroxylation is 2. The molecule has 0 aliphatic rings. The molecule has 4 rings (SSSR count). The van der Waals surface area contributed by atoms with Gasteiger partial charge in [-0.15, -0.1) is 0 Å². The van der Waals surface area contributed by atoms with E-state index in [1.54, 1.807) is 38.5 Å². The Bertz CT molecular complexity index is 1450. The fourth-order valence-electron chi connectivity index (χ4n) is 3.39. The number of rotatable bonds is 6. The molecule has 13 heteroatoms. The minimum atomic E-state index is -4.12. The fourth-order valence-corrected chi connectivity index (χ4v) is 4.60. The zero-order valence-corrected chi connectivity index (χ0v) is 19.1. The van der Waals surface area contributed by atoms with Crippen LogP contribution in [0.4, 0.5) is 10.5 Å². The Morgan fingerprint density at radius 2 is 1.76 bits per heavy atom. The highest BCUT2D eigenvalue weighted by molar-refractivity contribution is 7.92. The number of benzene rings is 1. The number of nitrogens with zero attached hydrogens (tertiary/aromatic N) is 5. The van der Waals surface area contributed by atoms with Crippen molar-refractivity contribution in [2.75, 3.05) is 11.4 Å². The Balaban J connectivity index is 1.75. The van der Waals surface area contributed by atoms with E-state index in [-0.39, 0.29) is 16.3 Å². The summed E-state index contributed by atoms with van der Waals surface area (Å²) in [5.41, 5.74) is 2.24. The van der Waals surface area contributed by atoms with Gasteiger partial charge >= 0.3 is 6.09 Å². The number of pyridine rings is 2. The fraction of sp³-hybridized carbons (Fsp3) is 0.143. The van der Waals surface area contributed by atoms with Crippen LogP contribution in [0, 0.1) is 6.92 Å². The van der Waals surface area contributed by atoms with Gasteiger partial charge in [0.15, 0.2) is 11.4 Å². The van der Waals surface area contributed by atoms with E-state index in [2.05, 4.69) is 15.1 Å². The van der Waals surface area contributed by atoms with Gasteiger partial charge in [-0.3, -0.25) is 19.2 Å². The van der Waals surface area contributed by atoms with E-state index in [0.717, 1.165) is 4.31 Å². The molecule has 3 heterocycles. The van der Waals surface area contributed by atoms with Crippen LogP contribution in [0.5, 0.6) is 17.2 Å². The van der Waals surface area contributed by atoms with Crippen molar-refractivity contribution < 1.29 is 27.9 Å². The number of hydroxylamine groups is 1. The monoisotopic (exact) mass is 484 g/mol. The van der Waals surface area contributed by atoms with Gasteiger partial charge < -0.3 is 9.47 Å². The van der Waals surface area contributed by atoms with Crippen molar-refractivity contribution in [2.24, 2.45) is 7.05 Å². The Hall–Kier alpha value is -4.23. The van der Waals surface area contributed by atoms with Gasteiger partial charge in [0.1, 0.15) is 17.2 Å². The Morgan fingerprint density at radius 3 is 2.41 bits per heavy atom. The molecule has 3 aromatic heterocycles. The molecule has 12 nitrogen and oxygen atoms in total. The molecule has 2 N–H and O–H groups in total. The predicted molar refractivity (Wildman–Crippen MR) is 121 cm³/mol. The van der Waals surface area contributed by atoms with E-state index in [1.165, 1.54) is 47.7 Å². The molecule has 1 aromatic carbocycles. The second-order valence-electron chi connectivity index (χ2n) is 7.11. The maximum atomic E-state index is 13.5. The average Bonchev–Trinajstić information content (AvgIpc) is 3.12. The van der Waals surface area contributed by atoms with Gasteiger partial charge in [-0.1, -0.05) is 0 Å². The number of nitrogens with one attached hydrogen (secondary N) is 1. The number of amides is 1. The summed E-state index contributed by atoms with van der Waals surface area (Å²) >= 11 is 0. The predicted octanol–water partition coefficient (Wildman–Crippen LogP) is 2.77. The van der Waals surface area contributed by atoms with Gasteiger partial charge in [0.25, 0.3) is 10.0 Å². The summed E-state index contributed by atoms with van der Waals surface area (Å²) in [6.45, 7) is 1.68. The van der Waals surface area contributed by atoms with Crippen LogP contribution in [0.25, 0.3) is 11.0 Å². The maximum Gasteiger partial charge on any atom is 0.436 e. The van der Waals surface area contributed by atoms with Gasteiger partial charge in [0.2, 0.25) is 0 Å². The molecule has 34 heavy (non-hydrogen) atoms. The van der Waals surface area contributed by atoms with E-state index in [0.29, 0.717) is 28.2 Å². The minimum Gasteiger partial charge on any atom is -0.457 e. The first-order chi connectivity index (χ1) is 16.2. The van der Waals surface area contributed by atoms with Crippen LogP contribution < -0.4 is 19.3 Å². The van der Waals surface area contributed by atoms with Gasteiger partial charge in [-0.25, -0.2) is 23.7 Å². The molecular formula is C21H20N6O6S. The number of aromatic nitrogens is 4. The number of sulfonamides is 1. The third-order valence-corrected chi connectivity index (χ3v) is 6.71. The molecule has 0 aliphatic carbocycles. The first-order valence-corrected chi connectivity index (χ1v) is 11.3. The summed E-state index contributed by atoms with van der Waals surface area (Å²) in [5.74, 6) is 0.808. The average molecular weight is 484 g/mol. The van der Waals surface area contributed by atoms with E-state index in [4.69, 9.17) is 14.7 Å². The van der Waals surface area contributed by atoms with Gasteiger partial charge in [0, 0.05) is 26.5 Å². The topological polar surface area (TPSA) is 149 Å². The molecule has 0 aliphatic heterocycles. The number of hydrogen-bond acceptors (Lipinski definition) is 9. The number of hydrogen-bond donors (Lipinski definition) is 2. The number of carbonyl (C=O) groups excluding carboxylic acids is 1. The number of fused-ring (bicyclic) bond motifs is 1. The third kappa shape index (κ3) is 4.21. The standard InChI is InChI=1S/C21H20N6O6S/c1-13-18-19(17(33-21(28)25-29)12-23-20(18)26(2)24-13)27(3)34(30,31)16-6-4-14(5-7-16)32-15-8-10-22-11-9-15/h4-12,29H,1-3H3,(H,25,28). The molecule has 0 unspecified atom stereocenters. The number of anilines is 1. The lowest BCUT2D eigenvalue weighted by Gasteiger charge is -2.22. The Morgan fingerprint density at radius 1 is 1.12 bits per heavy atom. The van der Waals surface area contributed by atoms with Crippen LogP contribution >= 0.6 is 0 Å². The largest absolute Gasteiger partial charge is 0.457 e. The summed E-state index contributed by atoms with van der Waals surface area (Å²) in [5, 5.41) is 13.5. The summed E-state index contributed by atoms with van der Waals surface area (Å²) in [6.07, 6.45) is 3.14. The zero-order chi connectivity index (χ0) is 24.5. The molecule has 0 radical (unpaired) electrons. The van der Waals surface area contributed by atoms with Crippen molar-refractivity contribution >= 4 is 32.8 Å². The lowest BCUT2D eigenvalue weighted by Crippen LogP contribution is -2.29. The van der Waals surface area contributed by atoms with Crippen molar-refractivity contribution in [2.45, 2.75) is 11.8 Å². The SMILES string of the molecule is Cc1nn(C)c2ncc(OC(=O)NO)c(N(C)S(=O)(=O)c3ccc(Oc4ccncc4)cc3)c12. The normalized spacial score (nSPS) is 11.3.